The highest BCUT2D eigenvalue weighted by Crippen LogP contribution is 2.29. The first-order valence-corrected chi connectivity index (χ1v) is 12.7. The van der Waals surface area contributed by atoms with E-state index >= 15 is 0 Å². The first-order valence-electron chi connectivity index (χ1n) is 4.67. The number of nitrogens with zero attached hydrogens (tertiary/aromatic N) is 3. The highest BCUT2D eigenvalue weighted by molar-refractivity contribution is 7.98. The van der Waals surface area contributed by atoms with Crippen LogP contribution in [-0.2, 0) is 0 Å². The number of hydrogen-bond acceptors (Lipinski definition) is 3. The SMILES string of the molecule is [C-]#[N+]C(Cl)=NSN([Si](C)(C)C)[Si](C)(C)C. The van der Waals surface area contributed by atoms with Crippen molar-refractivity contribution in [3.63, 3.8) is 0 Å². The van der Waals surface area contributed by atoms with Crippen molar-refractivity contribution < 1.29 is 0 Å². The normalized spacial score (nSPS) is 14.2. The Morgan fingerprint density at radius 2 is 1.60 bits per heavy atom. The summed E-state index contributed by atoms with van der Waals surface area (Å²) in [5.41, 5.74) is 0. The van der Waals surface area contributed by atoms with Crippen molar-refractivity contribution in [1.82, 2.24) is 3.64 Å². The second kappa shape index (κ2) is 5.50. The van der Waals surface area contributed by atoms with E-state index in [1.165, 1.54) is 12.1 Å². The van der Waals surface area contributed by atoms with E-state index in [-0.39, 0.29) is 5.29 Å². The van der Waals surface area contributed by atoms with Gasteiger partial charge in [-0.05, 0) is 0 Å². The Bertz CT molecular complexity index is 274. The van der Waals surface area contributed by atoms with Gasteiger partial charge < -0.3 is 4.85 Å². The van der Waals surface area contributed by atoms with Gasteiger partial charge in [0.1, 0.15) is 16.5 Å². The van der Waals surface area contributed by atoms with Crippen LogP contribution >= 0.6 is 23.7 Å². The Kier molecular flexibility index (Phi) is 5.57. The second-order valence-corrected chi connectivity index (χ2v) is 16.9. The summed E-state index contributed by atoms with van der Waals surface area (Å²) in [6, 6.07) is 0. The lowest BCUT2D eigenvalue weighted by Gasteiger charge is -2.38. The van der Waals surface area contributed by atoms with Crippen LogP contribution in [0.4, 0.5) is 0 Å². The molecule has 0 atom stereocenters. The topological polar surface area (TPSA) is 20.0 Å². The number of halogens is 1. The minimum Gasteiger partial charge on any atom is -0.350 e. The van der Waals surface area contributed by atoms with Gasteiger partial charge in [-0.3, -0.25) is 3.64 Å². The van der Waals surface area contributed by atoms with Crippen LogP contribution in [0.1, 0.15) is 0 Å². The molecule has 0 aliphatic carbocycles. The Morgan fingerprint density at radius 1 is 1.20 bits per heavy atom. The van der Waals surface area contributed by atoms with E-state index in [0.717, 1.165) is 0 Å². The van der Waals surface area contributed by atoms with Crippen molar-refractivity contribution in [3.05, 3.63) is 11.4 Å². The maximum atomic E-state index is 6.72. The van der Waals surface area contributed by atoms with Crippen molar-refractivity contribution in [1.29, 1.82) is 0 Å². The van der Waals surface area contributed by atoms with E-state index < -0.39 is 16.5 Å². The lowest BCUT2D eigenvalue weighted by atomic mass is 11.3. The summed E-state index contributed by atoms with van der Waals surface area (Å²) in [5.74, 6) is 0. The summed E-state index contributed by atoms with van der Waals surface area (Å²) in [7, 11) is -2.82. The predicted octanol–water partition coefficient (Wildman–Crippen LogP) is 4.04. The van der Waals surface area contributed by atoms with Gasteiger partial charge in [-0.1, -0.05) is 61.9 Å². The van der Waals surface area contributed by atoms with Gasteiger partial charge in [-0.25, -0.2) is 0 Å². The molecule has 0 bridgehead atoms. The van der Waals surface area contributed by atoms with Crippen LogP contribution in [0, 0.1) is 6.57 Å². The van der Waals surface area contributed by atoms with Crippen molar-refractivity contribution in [2.75, 3.05) is 0 Å². The average Bonchev–Trinajstić information content (AvgIpc) is 1.99. The largest absolute Gasteiger partial charge is 0.350 e. The molecule has 0 spiro atoms. The van der Waals surface area contributed by atoms with Gasteiger partial charge >= 0.3 is 5.29 Å². The van der Waals surface area contributed by atoms with Gasteiger partial charge in [-0.2, -0.15) is 0 Å². The molecule has 0 heterocycles. The molecule has 0 amide bonds. The highest BCUT2D eigenvalue weighted by atomic mass is 35.5. The van der Waals surface area contributed by atoms with Crippen LogP contribution in [0.2, 0.25) is 39.3 Å². The molecule has 86 valence electrons. The van der Waals surface area contributed by atoms with Crippen LogP contribution < -0.4 is 0 Å². The third kappa shape index (κ3) is 5.73. The Hall–Kier alpha value is 0.194. The van der Waals surface area contributed by atoms with Crippen LogP contribution in [-0.4, -0.2) is 25.4 Å². The van der Waals surface area contributed by atoms with Gasteiger partial charge in [0.2, 0.25) is 0 Å². The summed E-state index contributed by atoms with van der Waals surface area (Å²) in [6.45, 7) is 20.4. The molecule has 7 heteroatoms. The molecule has 0 N–H and O–H groups in total. The van der Waals surface area contributed by atoms with Crippen molar-refractivity contribution >= 4 is 45.5 Å². The summed E-state index contributed by atoms with van der Waals surface area (Å²) < 4.78 is 6.41. The Labute approximate surface area is 104 Å². The lowest BCUT2D eigenvalue weighted by Crippen LogP contribution is -2.54. The molecule has 0 saturated carbocycles. The maximum absolute atomic E-state index is 6.72. The van der Waals surface area contributed by atoms with E-state index in [1.807, 2.05) is 0 Å². The van der Waals surface area contributed by atoms with Gasteiger partial charge in [0.25, 0.3) is 0 Å². The summed E-state index contributed by atoms with van der Waals surface area (Å²) in [5, 5.41) is 0.00139. The summed E-state index contributed by atoms with van der Waals surface area (Å²) in [4.78, 5) is 3.07. The van der Waals surface area contributed by atoms with E-state index in [1.54, 1.807) is 0 Å². The first-order chi connectivity index (χ1) is 6.59. The molecule has 0 aliphatic rings. The average molecular weight is 280 g/mol. The molecule has 0 unspecified atom stereocenters. The van der Waals surface area contributed by atoms with Gasteiger partial charge in [0, 0.05) is 0 Å². The van der Waals surface area contributed by atoms with Gasteiger partial charge in [0.15, 0.2) is 12.1 Å². The zero-order valence-electron chi connectivity index (χ0n) is 10.1. The Morgan fingerprint density at radius 3 is 1.87 bits per heavy atom. The van der Waals surface area contributed by atoms with E-state index in [4.69, 9.17) is 18.2 Å². The Balaban J connectivity index is 4.80. The third-order valence-corrected chi connectivity index (χ3v) is 12.4. The van der Waals surface area contributed by atoms with Crippen LogP contribution in [0.25, 0.3) is 4.85 Å². The van der Waals surface area contributed by atoms with E-state index in [0.29, 0.717) is 0 Å². The van der Waals surface area contributed by atoms with Gasteiger partial charge in [-0.15, -0.1) is 0 Å². The highest BCUT2D eigenvalue weighted by Gasteiger charge is 2.37. The van der Waals surface area contributed by atoms with Crippen molar-refractivity contribution in [2.45, 2.75) is 39.3 Å². The maximum Gasteiger partial charge on any atom is 0.350 e. The molecule has 0 saturated heterocycles. The molecule has 0 aromatic carbocycles. The fourth-order valence-corrected chi connectivity index (χ4v) is 11.9. The van der Waals surface area contributed by atoms with Crippen LogP contribution in [0.3, 0.4) is 0 Å². The molecule has 0 aromatic heterocycles. The van der Waals surface area contributed by atoms with Crippen molar-refractivity contribution in [3.8, 4) is 0 Å². The first kappa shape index (κ1) is 15.2. The molecule has 3 nitrogen and oxygen atoms in total. The minimum absolute atomic E-state index is 0.00139. The number of rotatable bonds is 4. The zero-order chi connectivity index (χ0) is 12.3. The predicted molar refractivity (Wildman–Crippen MR) is 76.0 cm³/mol. The quantitative estimate of drug-likeness (QED) is 0.193. The molecule has 0 rings (SSSR count). The monoisotopic (exact) mass is 279 g/mol. The molecule has 0 aromatic rings. The third-order valence-electron chi connectivity index (χ3n) is 1.51. The summed E-state index contributed by atoms with van der Waals surface area (Å²) >= 11 is 6.96. The standard InChI is InChI=1S/C8H18ClN3SSi2/c1-10-8(9)11-13-12(14(2,3)4)15(5,6)7/h2-7H3. The summed E-state index contributed by atoms with van der Waals surface area (Å²) in [6.07, 6.45) is 0. The smallest absolute Gasteiger partial charge is 0.350 e. The molecular weight excluding hydrogens is 262 g/mol. The number of hydrogen-bond donors (Lipinski definition) is 0. The fourth-order valence-electron chi connectivity index (χ4n) is 1.35. The zero-order valence-corrected chi connectivity index (χ0v) is 13.7. The molecule has 0 fully saturated rings. The fraction of sp³-hybridized carbons (Fsp3) is 0.750. The second-order valence-electron chi connectivity index (χ2n) is 5.19. The number of amidine groups is 1. The van der Waals surface area contributed by atoms with Gasteiger partial charge in [0.05, 0.1) is 0 Å². The molecule has 0 aliphatic heterocycles. The molecular formula is C8H18ClN3SSi2. The minimum atomic E-state index is -1.41. The van der Waals surface area contributed by atoms with Crippen molar-refractivity contribution in [2.24, 2.45) is 4.40 Å². The molecule has 15 heavy (non-hydrogen) atoms. The molecule has 0 radical (unpaired) electrons. The van der Waals surface area contributed by atoms with E-state index in [9.17, 15) is 0 Å². The lowest BCUT2D eigenvalue weighted by molar-refractivity contribution is 1.000. The van der Waals surface area contributed by atoms with E-state index in [2.05, 4.69) is 52.2 Å². The van der Waals surface area contributed by atoms with Crippen LogP contribution in [0.15, 0.2) is 4.40 Å². The van der Waals surface area contributed by atoms with Crippen LogP contribution in [0.5, 0.6) is 0 Å².